The number of hydrogen-bond acceptors (Lipinski definition) is 2. The standard InChI is InChI=1S/C56H33N5/c57-34-36-15-13-17-38(31-36)46-33-47(39-18-14-16-37(32-39)35-58)55(60-50-27-9-3-21-42(50)43-22-4-10-28-51(43)60)56(61-52-29-11-5-23-44(52)45-24-6-12-30-53(45)61)54(46)59-48-25-7-1-19-40(48)41-20-2-8-26-49(41)59/h1-33H. The molecule has 0 N–H and O–H groups in total. The lowest BCUT2D eigenvalue weighted by atomic mass is 9.91. The maximum atomic E-state index is 10.4. The second-order valence-electron chi connectivity index (χ2n) is 15.5. The predicted octanol–water partition coefficient (Wildman–Crippen LogP) is 14.1. The van der Waals surface area contributed by atoms with Gasteiger partial charge in [-0.1, -0.05) is 133 Å². The Bertz CT molecular complexity index is 3510. The number of nitriles is 2. The van der Waals surface area contributed by atoms with Crippen LogP contribution in [0, 0.1) is 22.7 Å². The SMILES string of the molecule is N#Cc1cccc(-c2cc(-c3cccc(C#N)c3)c(-n3c4ccccc4c4ccccc43)c(-n3c4ccccc4c4ccccc43)c2-n2c3ccccc3c3ccccc32)c1. The van der Waals surface area contributed by atoms with Gasteiger partial charge in [-0.15, -0.1) is 0 Å². The molecule has 0 radical (unpaired) electrons. The molecule has 3 heterocycles. The first-order valence-electron chi connectivity index (χ1n) is 20.4. The second kappa shape index (κ2) is 13.5. The van der Waals surface area contributed by atoms with E-state index < -0.39 is 0 Å². The zero-order valence-electron chi connectivity index (χ0n) is 32.8. The molecule has 5 heteroatoms. The van der Waals surface area contributed by atoms with Crippen LogP contribution in [-0.4, -0.2) is 13.7 Å². The van der Waals surface area contributed by atoms with Crippen molar-refractivity contribution < 1.29 is 0 Å². The second-order valence-corrected chi connectivity index (χ2v) is 15.5. The highest BCUT2D eigenvalue weighted by Crippen LogP contribution is 2.49. The first-order valence-corrected chi connectivity index (χ1v) is 20.4. The molecular weight excluding hydrogens is 743 g/mol. The molecular formula is C56H33N5. The number of benzene rings is 9. The summed E-state index contributed by atoms with van der Waals surface area (Å²) in [6.45, 7) is 0. The summed E-state index contributed by atoms with van der Waals surface area (Å²) in [6, 6.07) is 75.0. The minimum Gasteiger partial charge on any atom is -0.306 e. The van der Waals surface area contributed by atoms with E-state index in [2.05, 4.69) is 190 Å². The molecule has 0 unspecified atom stereocenters. The van der Waals surface area contributed by atoms with Gasteiger partial charge >= 0.3 is 0 Å². The van der Waals surface area contributed by atoms with E-state index in [0.29, 0.717) is 11.1 Å². The molecule has 0 atom stereocenters. The molecule has 0 aliphatic rings. The van der Waals surface area contributed by atoms with E-state index in [0.717, 1.165) is 105 Å². The average Bonchev–Trinajstić information content (AvgIpc) is 3.96. The van der Waals surface area contributed by atoms with E-state index in [9.17, 15) is 10.5 Å². The van der Waals surface area contributed by atoms with E-state index in [1.165, 1.54) is 0 Å². The lowest BCUT2D eigenvalue weighted by Gasteiger charge is -2.27. The summed E-state index contributed by atoms with van der Waals surface area (Å²) in [5.41, 5.74) is 14.1. The van der Waals surface area contributed by atoms with Gasteiger partial charge in [0.1, 0.15) is 0 Å². The van der Waals surface area contributed by atoms with E-state index >= 15 is 0 Å². The fourth-order valence-electron chi connectivity index (χ4n) is 9.76. The number of para-hydroxylation sites is 6. The van der Waals surface area contributed by atoms with Crippen LogP contribution in [0.5, 0.6) is 0 Å². The van der Waals surface area contributed by atoms with Gasteiger partial charge in [0.05, 0.1) is 73.4 Å². The van der Waals surface area contributed by atoms with Gasteiger partial charge < -0.3 is 13.7 Å². The highest BCUT2D eigenvalue weighted by Gasteiger charge is 2.30. The Morgan fingerprint density at radius 2 is 0.557 bits per heavy atom. The van der Waals surface area contributed by atoms with Crippen LogP contribution in [0.2, 0.25) is 0 Å². The lowest BCUT2D eigenvalue weighted by Crippen LogP contribution is -2.12. The quantitative estimate of drug-likeness (QED) is 0.175. The minimum absolute atomic E-state index is 0.573. The third kappa shape index (κ3) is 5.05. The summed E-state index contributed by atoms with van der Waals surface area (Å²) in [7, 11) is 0. The summed E-state index contributed by atoms with van der Waals surface area (Å²) in [4.78, 5) is 0. The molecule has 9 aromatic carbocycles. The molecule has 282 valence electrons. The highest BCUT2D eigenvalue weighted by atomic mass is 15.1. The fraction of sp³-hybridized carbons (Fsp3) is 0. The lowest BCUT2D eigenvalue weighted by molar-refractivity contribution is 1.05. The molecule has 0 fully saturated rings. The van der Waals surface area contributed by atoms with Crippen molar-refractivity contribution in [3.63, 3.8) is 0 Å². The molecule has 0 saturated heterocycles. The van der Waals surface area contributed by atoms with Gasteiger partial charge in [-0.3, -0.25) is 0 Å². The fourth-order valence-corrected chi connectivity index (χ4v) is 9.76. The summed E-state index contributed by atoms with van der Waals surface area (Å²) in [6.07, 6.45) is 0. The van der Waals surface area contributed by atoms with Gasteiger partial charge in [0.15, 0.2) is 0 Å². The third-order valence-corrected chi connectivity index (χ3v) is 12.3. The number of hydrogen-bond donors (Lipinski definition) is 0. The smallest absolute Gasteiger partial charge is 0.0991 e. The summed E-state index contributed by atoms with van der Waals surface area (Å²) >= 11 is 0. The monoisotopic (exact) mass is 775 g/mol. The van der Waals surface area contributed by atoms with Crippen LogP contribution < -0.4 is 0 Å². The van der Waals surface area contributed by atoms with Crippen LogP contribution in [0.4, 0.5) is 0 Å². The van der Waals surface area contributed by atoms with Gasteiger partial charge in [0.2, 0.25) is 0 Å². The topological polar surface area (TPSA) is 62.4 Å². The van der Waals surface area contributed by atoms with Crippen LogP contribution in [-0.2, 0) is 0 Å². The molecule has 0 amide bonds. The van der Waals surface area contributed by atoms with E-state index in [1.807, 2.05) is 36.4 Å². The van der Waals surface area contributed by atoms with Gasteiger partial charge in [-0.2, -0.15) is 10.5 Å². The van der Waals surface area contributed by atoms with Crippen molar-refractivity contribution in [2.75, 3.05) is 0 Å². The minimum atomic E-state index is 0.573. The van der Waals surface area contributed by atoms with Crippen LogP contribution in [0.25, 0.3) is 105 Å². The van der Waals surface area contributed by atoms with Gasteiger partial charge in [-0.05, 0) is 77.9 Å². The maximum absolute atomic E-state index is 10.4. The first kappa shape index (κ1) is 34.4. The van der Waals surface area contributed by atoms with Gasteiger partial charge in [-0.25, -0.2) is 0 Å². The molecule has 12 aromatic rings. The Labute approximate surface area is 351 Å². The van der Waals surface area contributed by atoms with E-state index in [-0.39, 0.29) is 0 Å². The Kier molecular flexibility index (Phi) is 7.59. The van der Waals surface area contributed by atoms with Crippen LogP contribution in [0.3, 0.4) is 0 Å². The van der Waals surface area contributed by atoms with Crippen LogP contribution >= 0.6 is 0 Å². The number of nitrogens with zero attached hydrogens (tertiary/aromatic N) is 5. The van der Waals surface area contributed by atoms with Crippen molar-refractivity contribution in [1.29, 1.82) is 10.5 Å². The van der Waals surface area contributed by atoms with Crippen LogP contribution in [0.1, 0.15) is 11.1 Å². The van der Waals surface area contributed by atoms with Crippen molar-refractivity contribution in [1.82, 2.24) is 13.7 Å². The maximum Gasteiger partial charge on any atom is 0.0991 e. The predicted molar refractivity (Wildman–Crippen MR) is 250 cm³/mol. The van der Waals surface area contributed by atoms with Gasteiger partial charge in [0, 0.05) is 43.4 Å². The van der Waals surface area contributed by atoms with Crippen molar-refractivity contribution in [3.8, 4) is 51.5 Å². The average molecular weight is 776 g/mol. The Balaban J connectivity index is 1.44. The highest BCUT2D eigenvalue weighted by molar-refractivity contribution is 6.15. The van der Waals surface area contributed by atoms with Crippen molar-refractivity contribution in [2.24, 2.45) is 0 Å². The van der Waals surface area contributed by atoms with Gasteiger partial charge in [0.25, 0.3) is 0 Å². The molecule has 0 bridgehead atoms. The third-order valence-electron chi connectivity index (χ3n) is 12.3. The summed E-state index contributed by atoms with van der Waals surface area (Å²) in [5.74, 6) is 0. The molecule has 61 heavy (non-hydrogen) atoms. The first-order chi connectivity index (χ1) is 30.2. The number of fused-ring (bicyclic) bond motifs is 9. The Hall–Kier alpha value is -8.64. The normalized spacial score (nSPS) is 11.6. The summed E-state index contributed by atoms with van der Waals surface area (Å²) < 4.78 is 7.33. The molecule has 0 aliphatic carbocycles. The number of rotatable bonds is 5. The molecule has 0 spiro atoms. The molecule has 5 nitrogen and oxygen atoms in total. The Morgan fingerprint density at radius 3 is 0.852 bits per heavy atom. The van der Waals surface area contributed by atoms with Crippen LogP contribution in [0.15, 0.2) is 200 Å². The van der Waals surface area contributed by atoms with E-state index in [4.69, 9.17) is 0 Å². The molecule has 0 saturated carbocycles. The number of aromatic nitrogens is 3. The molecule has 12 rings (SSSR count). The van der Waals surface area contributed by atoms with E-state index in [1.54, 1.807) is 0 Å². The summed E-state index contributed by atoms with van der Waals surface area (Å²) in [5, 5.41) is 27.6. The zero-order valence-corrected chi connectivity index (χ0v) is 32.8. The molecule has 3 aromatic heterocycles. The largest absolute Gasteiger partial charge is 0.306 e. The Morgan fingerprint density at radius 1 is 0.279 bits per heavy atom. The van der Waals surface area contributed by atoms with Crippen molar-refractivity contribution in [3.05, 3.63) is 211 Å². The molecule has 0 aliphatic heterocycles. The van der Waals surface area contributed by atoms with Crippen molar-refractivity contribution >= 4 is 65.4 Å². The zero-order chi connectivity index (χ0) is 40.6. The van der Waals surface area contributed by atoms with Crippen molar-refractivity contribution in [2.45, 2.75) is 0 Å².